The van der Waals surface area contributed by atoms with Crippen LogP contribution in [0.25, 0.3) is 0 Å². The molecule has 0 aliphatic heterocycles. The second kappa shape index (κ2) is 6.14. The van der Waals surface area contributed by atoms with Crippen molar-refractivity contribution in [3.63, 3.8) is 0 Å². The van der Waals surface area contributed by atoms with Crippen molar-refractivity contribution in [3.05, 3.63) is 69.7 Å². The maximum Gasteiger partial charge on any atom is 0.0511 e. The van der Waals surface area contributed by atoms with Gasteiger partial charge in [-0.1, -0.05) is 64.0 Å². The van der Waals surface area contributed by atoms with Crippen molar-refractivity contribution in [2.75, 3.05) is 0 Å². The lowest BCUT2D eigenvalue weighted by atomic mass is 9.99. The molecular formula is C15H17BrN2. The molecule has 0 bridgehead atoms. The maximum absolute atomic E-state index is 5.68. The topological polar surface area (TPSA) is 38.0 Å². The fourth-order valence-corrected chi connectivity index (χ4v) is 2.54. The Kier molecular flexibility index (Phi) is 4.53. The first-order valence-electron chi connectivity index (χ1n) is 5.97. The highest BCUT2D eigenvalue weighted by molar-refractivity contribution is 9.10. The van der Waals surface area contributed by atoms with E-state index in [1.54, 1.807) is 0 Å². The molecular weight excluding hydrogens is 288 g/mol. The lowest BCUT2D eigenvalue weighted by Crippen LogP contribution is -2.29. The molecule has 0 aromatic heterocycles. The highest BCUT2D eigenvalue weighted by Crippen LogP contribution is 2.25. The molecule has 1 atom stereocenters. The zero-order valence-corrected chi connectivity index (χ0v) is 11.9. The van der Waals surface area contributed by atoms with Crippen molar-refractivity contribution in [1.82, 2.24) is 5.43 Å². The van der Waals surface area contributed by atoms with Gasteiger partial charge in [0.25, 0.3) is 0 Å². The van der Waals surface area contributed by atoms with Gasteiger partial charge in [-0.25, -0.2) is 0 Å². The zero-order valence-electron chi connectivity index (χ0n) is 10.4. The summed E-state index contributed by atoms with van der Waals surface area (Å²) in [5, 5.41) is 0. The van der Waals surface area contributed by atoms with Gasteiger partial charge in [0.1, 0.15) is 0 Å². The molecule has 94 valence electrons. The summed E-state index contributed by atoms with van der Waals surface area (Å²) in [6.07, 6.45) is 0.874. The van der Waals surface area contributed by atoms with Crippen molar-refractivity contribution >= 4 is 15.9 Å². The highest BCUT2D eigenvalue weighted by Gasteiger charge is 2.12. The molecule has 0 aliphatic rings. The molecule has 0 saturated carbocycles. The van der Waals surface area contributed by atoms with Gasteiger partial charge >= 0.3 is 0 Å². The van der Waals surface area contributed by atoms with E-state index in [1.807, 2.05) is 18.2 Å². The van der Waals surface area contributed by atoms with Crippen LogP contribution in [0, 0.1) is 6.92 Å². The number of aryl methyl sites for hydroxylation is 1. The molecule has 2 nitrogen and oxygen atoms in total. The van der Waals surface area contributed by atoms with Gasteiger partial charge in [0.15, 0.2) is 0 Å². The predicted octanol–water partition coefficient (Wildman–Crippen LogP) is 3.50. The van der Waals surface area contributed by atoms with E-state index in [2.05, 4.69) is 58.6 Å². The summed E-state index contributed by atoms with van der Waals surface area (Å²) < 4.78 is 1.08. The quantitative estimate of drug-likeness (QED) is 0.670. The fraction of sp³-hybridized carbons (Fsp3) is 0.200. The van der Waals surface area contributed by atoms with Crippen LogP contribution in [0.1, 0.15) is 22.7 Å². The maximum atomic E-state index is 5.68. The van der Waals surface area contributed by atoms with Crippen molar-refractivity contribution < 1.29 is 0 Å². The molecule has 3 N–H and O–H groups in total. The van der Waals surface area contributed by atoms with Crippen molar-refractivity contribution in [1.29, 1.82) is 0 Å². The van der Waals surface area contributed by atoms with Gasteiger partial charge in [0.2, 0.25) is 0 Å². The van der Waals surface area contributed by atoms with Gasteiger partial charge in [-0.15, -0.1) is 0 Å². The van der Waals surface area contributed by atoms with Crippen molar-refractivity contribution in [2.45, 2.75) is 19.4 Å². The Balaban J connectivity index is 2.20. The molecule has 1 unspecified atom stereocenters. The molecule has 0 amide bonds. The van der Waals surface area contributed by atoms with Gasteiger partial charge in [0, 0.05) is 4.47 Å². The Morgan fingerprint density at radius 3 is 2.39 bits per heavy atom. The molecule has 0 aliphatic carbocycles. The molecule has 0 radical (unpaired) electrons. The molecule has 0 fully saturated rings. The van der Waals surface area contributed by atoms with Gasteiger partial charge in [0.05, 0.1) is 6.04 Å². The number of hydrazine groups is 1. The predicted molar refractivity (Wildman–Crippen MR) is 79.1 cm³/mol. The van der Waals surface area contributed by atoms with Crippen LogP contribution in [0.2, 0.25) is 0 Å². The Morgan fingerprint density at radius 1 is 1.11 bits per heavy atom. The minimum Gasteiger partial charge on any atom is -0.271 e. The van der Waals surface area contributed by atoms with Gasteiger partial charge in [-0.2, -0.15) is 0 Å². The van der Waals surface area contributed by atoms with E-state index < -0.39 is 0 Å². The van der Waals surface area contributed by atoms with Gasteiger partial charge < -0.3 is 0 Å². The van der Waals surface area contributed by atoms with E-state index in [-0.39, 0.29) is 6.04 Å². The number of hydrogen-bond donors (Lipinski definition) is 2. The molecule has 0 heterocycles. The summed E-state index contributed by atoms with van der Waals surface area (Å²) in [5.74, 6) is 5.68. The van der Waals surface area contributed by atoms with E-state index in [9.17, 15) is 0 Å². The van der Waals surface area contributed by atoms with E-state index >= 15 is 0 Å². The Morgan fingerprint density at radius 2 is 1.78 bits per heavy atom. The third-order valence-corrected chi connectivity index (χ3v) is 3.76. The molecule has 2 aromatic rings. The second-order valence-corrected chi connectivity index (χ2v) is 5.28. The zero-order chi connectivity index (χ0) is 13.0. The molecule has 2 aromatic carbocycles. The SMILES string of the molecule is Cc1ccc(CC(NN)c2ccccc2Br)cc1. The summed E-state index contributed by atoms with van der Waals surface area (Å²) in [7, 11) is 0. The number of nitrogens with two attached hydrogens (primary N) is 1. The lowest BCUT2D eigenvalue weighted by Gasteiger charge is -2.18. The van der Waals surface area contributed by atoms with E-state index in [4.69, 9.17) is 5.84 Å². The Labute approximate surface area is 116 Å². The molecule has 3 heteroatoms. The van der Waals surface area contributed by atoms with Crippen molar-refractivity contribution in [3.8, 4) is 0 Å². The van der Waals surface area contributed by atoms with Crippen LogP contribution in [0.4, 0.5) is 0 Å². The van der Waals surface area contributed by atoms with Crippen LogP contribution < -0.4 is 11.3 Å². The number of benzene rings is 2. The minimum atomic E-state index is 0.114. The normalized spacial score (nSPS) is 12.4. The van der Waals surface area contributed by atoms with Crippen LogP contribution in [0.15, 0.2) is 53.0 Å². The van der Waals surface area contributed by atoms with Crippen LogP contribution in [-0.4, -0.2) is 0 Å². The first-order chi connectivity index (χ1) is 8.70. The third kappa shape index (κ3) is 3.19. The largest absolute Gasteiger partial charge is 0.271 e. The first-order valence-corrected chi connectivity index (χ1v) is 6.76. The average Bonchev–Trinajstić information content (AvgIpc) is 2.39. The van der Waals surface area contributed by atoms with Crippen molar-refractivity contribution in [2.24, 2.45) is 5.84 Å². The number of hydrogen-bond acceptors (Lipinski definition) is 2. The van der Waals surface area contributed by atoms with Crippen LogP contribution >= 0.6 is 15.9 Å². The summed E-state index contributed by atoms with van der Waals surface area (Å²) in [6, 6.07) is 16.8. The molecule has 0 saturated heterocycles. The summed E-state index contributed by atoms with van der Waals surface area (Å²) in [5.41, 5.74) is 6.63. The smallest absolute Gasteiger partial charge is 0.0511 e. The highest BCUT2D eigenvalue weighted by atomic mass is 79.9. The minimum absolute atomic E-state index is 0.114. The van der Waals surface area contributed by atoms with Crippen LogP contribution in [0.3, 0.4) is 0 Å². The number of nitrogens with one attached hydrogen (secondary N) is 1. The summed E-state index contributed by atoms with van der Waals surface area (Å²) in [6.45, 7) is 2.09. The van der Waals surface area contributed by atoms with Gasteiger partial charge in [-0.3, -0.25) is 11.3 Å². The van der Waals surface area contributed by atoms with E-state index in [1.165, 1.54) is 16.7 Å². The summed E-state index contributed by atoms with van der Waals surface area (Å²) in [4.78, 5) is 0. The summed E-state index contributed by atoms with van der Waals surface area (Å²) >= 11 is 3.57. The third-order valence-electron chi connectivity index (χ3n) is 3.04. The fourth-order valence-electron chi connectivity index (χ4n) is 1.98. The number of halogens is 1. The molecule has 2 rings (SSSR count). The average molecular weight is 305 g/mol. The number of rotatable bonds is 4. The Bertz CT molecular complexity index is 508. The van der Waals surface area contributed by atoms with E-state index in [0.717, 1.165) is 10.9 Å². The lowest BCUT2D eigenvalue weighted by molar-refractivity contribution is 0.550. The Hall–Kier alpha value is -1.16. The van der Waals surface area contributed by atoms with Gasteiger partial charge in [-0.05, 0) is 30.5 Å². The first kappa shape index (κ1) is 13.3. The van der Waals surface area contributed by atoms with E-state index in [0.29, 0.717) is 0 Å². The monoisotopic (exact) mass is 304 g/mol. The standard InChI is InChI=1S/C15H17BrN2/c1-11-6-8-12(9-7-11)10-15(18-17)13-4-2-3-5-14(13)16/h2-9,15,18H,10,17H2,1H3. The van der Waals surface area contributed by atoms with Crippen LogP contribution in [-0.2, 0) is 6.42 Å². The molecule has 0 spiro atoms. The van der Waals surface area contributed by atoms with Crippen LogP contribution in [0.5, 0.6) is 0 Å². The second-order valence-electron chi connectivity index (χ2n) is 4.43. The molecule has 18 heavy (non-hydrogen) atoms.